The molecule has 0 bridgehead atoms. The van der Waals surface area contributed by atoms with Gasteiger partial charge in [-0.25, -0.2) is 0 Å². The topological polar surface area (TPSA) is 29.3 Å². The van der Waals surface area contributed by atoms with Crippen molar-refractivity contribution in [3.8, 4) is 0 Å². The maximum atomic E-state index is 5.54. The standard InChI is InChI=1S/C14H22N2/c1-2-16-9-7-13-10-12(4-3-8-15)5-6-14(13)11-16/h5-6,10H,2-4,7-9,11,15H2,1H3. The van der Waals surface area contributed by atoms with Gasteiger partial charge in [0.1, 0.15) is 0 Å². The molecule has 1 heterocycles. The zero-order valence-corrected chi connectivity index (χ0v) is 10.2. The fourth-order valence-electron chi connectivity index (χ4n) is 2.40. The molecule has 1 aromatic rings. The predicted molar refractivity (Wildman–Crippen MR) is 68.5 cm³/mol. The minimum Gasteiger partial charge on any atom is -0.330 e. The molecule has 0 unspecified atom stereocenters. The van der Waals surface area contributed by atoms with E-state index in [-0.39, 0.29) is 0 Å². The van der Waals surface area contributed by atoms with E-state index in [1.54, 1.807) is 5.56 Å². The van der Waals surface area contributed by atoms with Crippen LogP contribution in [0.25, 0.3) is 0 Å². The van der Waals surface area contributed by atoms with Gasteiger partial charge in [0.2, 0.25) is 0 Å². The van der Waals surface area contributed by atoms with Crippen LogP contribution in [0, 0.1) is 0 Å². The average molecular weight is 218 g/mol. The molecule has 0 fully saturated rings. The van der Waals surface area contributed by atoms with Gasteiger partial charge in [0, 0.05) is 13.1 Å². The molecule has 0 atom stereocenters. The second kappa shape index (κ2) is 5.46. The fraction of sp³-hybridized carbons (Fsp3) is 0.571. The van der Waals surface area contributed by atoms with Crippen LogP contribution in [0.3, 0.4) is 0 Å². The number of fused-ring (bicyclic) bond motifs is 1. The van der Waals surface area contributed by atoms with Gasteiger partial charge >= 0.3 is 0 Å². The van der Waals surface area contributed by atoms with Crippen molar-refractivity contribution in [3.05, 3.63) is 34.9 Å². The highest BCUT2D eigenvalue weighted by molar-refractivity contribution is 5.34. The lowest BCUT2D eigenvalue weighted by Gasteiger charge is -2.27. The summed E-state index contributed by atoms with van der Waals surface area (Å²) in [5.41, 5.74) is 10.1. The van der Waals surface area contributed by atoms with Gasteiger partial charge < -0.3 is 5.73 Å². The lowest BCUT2D eigenvalue weighted by atomic mass is 9.96. The second-order valence-electron chi connectivity index (χ2n) is 4.61. The van der Waals surface area contributed by atoms with Crippen molar-refractivity contribution in [1.29, 1.82) is 0 Å². The molecule has 2 nitrogen and oxygen atoms in total. The molecule has 0 saturated heterocycles. The number of likely N-dealkylation sites (N-methyl/N-ethyl adjacent to an activating group) is 1. The van der Waals surface area contributed by atoms with Crippen LogP contribution in [0.4, 0.5) is 0 Å². The molecule has 0 aliphatic carbocycles. The third kappa shape index (κ3) is 2.63. The summed E-state index contributed by atoms with van der Waals surface area (Å²) >= 11 is 0. The van der Waals surface area contributed by atoms with E-state index >= 15 is 0 Å². The van der Waals surface area contributed by atoms with Crippen LogP contribution >= 0.6 is 0 Å². The highest BCUT2D eigenvalue weighted by Crippen LogP contribution is 2.20. The van der Waals surface area contributed by atoms with Crippen molar-refractivity contribution in [2.75, 3.05) is 19.6 Å². The maximum absolute atomic E-state index is 5.54. The van der Waals surface area contributed by atoms with E-state index in [2.05, 4.69) is 30.0 Å². The van der Waals surface area contributed by atoms with Crippen molar-refractivity contribution in [2.24, 2.45) is 5.73 Å². The highest BCUT2D eigenvalue weighted by Gasteiger charge is 2.14. The van der Waals surface area contributed by atoms with Crippen LogP contribution in [0.1, 0.15) is 30.0 Å². The molecule has 2 rings (SSSR count). The van der Waals surface area contributed by atoms with E-state index < -0.39 is 0 Å². The van der Waals surface area contributed by atoms with Crippen LogP contribution in [0.15, 0.2) is 18.2 Å². The van der Waals surface area contributed by atoms with E-state index in [0.29, 0.717) is 0 Å². The molecule has 1 aliphatic heterocycles. The summed E-state index contributed by atoms with van der Waals surface area (Å²) in [5, 5.41) is 0. The van der Waals surface area contributed by atoms with Crippen LogP contribution < -0.4 is 5.73 Å². The SMILES string of the molecule is CCN1CCc2cc(CCCN)ccc2C1. The van der Waals surface area contributed by atoms with Gasteiger partial charge in [-0.15, -0.1) is 0 Å². The summed E-state index contributed by atoms with van der Waals surface area (Å²) in [6, 6.07) is 6.97. The molecule has 0 saturated carbocycles. The Morgan fingerprint density at radius 2 is 2.19 bits per heavy atom. The summed E-state index contributed by atoms with van der Waals surface area (Å²) in [6.45, 7) is 6.53. The number of hydrogen-bond donors (Lipinski definition) is 1. The third-order valence-electron chi connectivity index (χ3n) is 3.48. The molecular formula is C14H22N2. The van der Waals surface area contributed by atoms with Crippen molar-refractivity contribution < 1.29 is 0 Å². The highest BCUT2D eigenvalue weighted by atomic mass is 15.1. The zero-order chi connectivity index (χ0) is 11.4. The maximum Gasteiger partial charge on any atom is 0.0236 e. The minimum atomic E-state index is 0.792. The van der Waals surface area contributed by atoms with Crippen LogP contribution in [0.5, 0.6) is 0 Å². The Kier molecular flexibility index (Phi) is 3.97. The van der Waals surface area contributed by atoms with Gasteiger partial charge in [0.25, 0.3) is 0 Å². The third-order valence-corrected chi connectivity index (χ3v) is 3.48. The summed E-state index contributed by atoms with van der Waals surface area (Å²) in [6.07, 6.45) is 3.43. The van der Waals surface area contributed by atoms with Crippen molar-refractivity contribution in [2.45, 2.75) is 32.7 Å². The molecule has 2 heteroatoms. The average Bonchev–Trinajstić information content (AvgIpc) is 2.35. The smallest absolute Gasteiger partial charge is 0.0236 e. The molecule has 0 amide bonds. The Morgan fingerprint density at radius 1 is 1.31 bits per heavy atom. The Morgan fingerprint density at radius 3 is 2.94 bits per heavy atom. The van der Waals surface area contributed by atoms with E-state index in [4.69, 9.17) is 5.73 Å². The van der Waals surface area contributed by atoms with Crippen molar-refractivity contribution >= 4 is 0 Å². The van der Waals surface area contributed by atoms with Crippen LogP contribution in [0.2, 0.25) is 0 Å². The van der Waals surface area contributed by atoms with Gasteiger partial charge in [-0.05, 0) is 49.0 Å². The predicted octanol–water partition coefficient (Wildman–Crippen LogP) is 1.96. The van der Waals surface area contributed by atoms with Crippen LogP contribution in [-0.4, -0.2) is 24.5 Å². The molecule has 1 aromatic carbocycles. The van der Waals surface area contributed by atoms with E-state index in [1.807, 2.05) is 0 Å². The van der Waals surface area contributed by atoms with Crippen molar-refractivity contribution in [1.82, 2.24) is 4.90 Å². The van der Waals surface area contributed by atoms with Crippen molar-refractivity contribution in [3.63, 3.8) is 0 Å². The van der Waals surface area contributed by atoms with Gasteiger partial charge in [-0.2, -0.15) is 0 Å². The minimum absolute atomic E-state index is 0.792. The molecule has 88 valence electrons. The quantitative estimate of drug-likeness (QED) is 0.837. The Bertz CT molecular complexity index is 347. The molecule has 0 radical (unpaired) electrons. The van der Waals surface area contributed by atoms with Gasteiger partial charge in [0.15, 0.2) is 0 Å². The molecule has 1 aliphatic rings. The van der Waals surface area contributed by atoms with Gasteiger partial charge in [-0.3, -0.25) is 4.90 Å². The Labute approximate surface area is 98.4 Å². The summed E-state index contributed by atoms with van der Waals surface area (Å²) in [4.78, 5) is 2.50. The Balaban J connectivity index is 2.08. The zero-order valence-electron chi connectivity index (χ0n) is 10.2. The summed E-state index contributed by atoms with van der Waals surface area (Å²) < 4.78 is 0. The number of benzene rings is 1. The largest absolute Gasteiger partial charge is 0.330 e. The Hall–Kier alpha value is -0.860. The number of nitrogens with zero attached hydrogens (tertiary/aromatic N) is 1. The second-order valence-corrected chi connectivity index (χ2v) is 4.61. The monoisotopic (exact) mass is 218 g/mol. The lowest BCUT2D eigenvalue weighted by molar-refractivity contribution is 0.268. The van der Waals surface area contributed by atoms with E-state index in [9.17, 15) is 0 Å². The number of rotatable bonds is 4. The summed E-state index contributed by atoms with van der Waals surface area (Å²) in [5.74, 6) is 0. The van der Waals surface area contributed by atoms with E-state index in [1.165, 1.54) is 24.1 Å². The van der Waals surface area contributed by atoms with Gasteiger partial charge in [0.05, 0.1) is 0 Å². The first-order valence-electron chi connectivity index (χ1n) is 6.36. The first kappa shape index (κ1) is 11.6. The fourth-order valence-corrected chi connectivity index (χ4v) is 2.40. The number of nitrogens with two attached hydrogens (primary N) is 1. The first-order valence-corrected chi connectivity index (χ1v) is 6.36. The van der Waals surface area contributed by atoms with Gasteiger partial charge in [-0.1, -0.05) is 25.1 Å². The van der Waals surface area contributed by atoms with E-state index in [0.717, 1.165) is 32.5 Å². The number of aryl methyl sites for hydroxylation is 1. The first-order chi connectivity index (χ1) is 7.83. The molecular weight excluding hydrogens is 196 g/mol. The molecule has 0 spiro atoms. The lowest BCUT2D eigenvalue weighted by Crippen LogP contribution is -2.30. The summed E-state index contributed by atoms with van der Waals surface area (Å²) in [7, 11) is 0. The van der Waals surface area contributed by atoms with Crippen LogP contribution in [-0.2, 0) is 19.4 Å². The molecule has 0 aromatic heterocycles. The molecule has 16 heavy (non-hydrogen) atoms. The normalized spacial score (nSPS) is 16.1. The molecule has 2 N–H and O–H groups in total. The number of hydrogen-bond acceptors (Lipinski definition) is 2.